The zero-order valence-electron chi connectivity index (χ0n) is 54.1. The number of nitrogens with two attached hydrogens (primary N) is 1. The first-order valence-corrected chi connectivity index (χ1v) is 34.6. The van der Waals surface area contributed by atoms with Crippen molar-refractivity contribution in [2.45, 2.75) is 359 Å². The number of primary amides is 1. The van der Waals surface area contributed by atoms with Crippen molar-refractivity contribution in [2.24, 2.45) is 5.73 Å². The van der Waals surface area contributed by atoms with Crippen LogP contribution in [0, 0.1) is 0 Å². The predicted molar refractivity (Wildman–Crippen MR) is 337 cm³/mol. The minimum Gasteiger partial charge on any atom is -0.469 e. The smallest absolute Gasteiger partial charge is 0.306 e. The Morgan fingerprint density at radius 3 is 1.42 bits per heavy atom. The second kappa shape index (κ2) is 52.2. The van der Waals surface area contributed by atoms with E-state index >= 15 is 0 Å². The quantitative estimate of drug-likeness (QED) is 0.0215. The fraction of sp³-hybridized carbons (Fsp3) is 0.879. The summed E-state index contributed by atoms with van der Waals surface area (Å²) in [6.07, 6.45) is 34.2. The Kier molecular flexibility index (Phi) is 48.6. The van der Waals surface area contributed by atoms with E-state index in [1.165, 1.54) is 176 Å². The van der Waals surface area contributed by atoms with Crippen LogP contribution in [0.5, 0.6) is 0 Å². The van der Waals surface area contributed by atoms with Crippen LogP contribution in [0.4, 0.5) is 0 Å². The SMILES string of the molecule is CCCCCCCCCCCCCCCCCC(=O)OC[C@H]1O[C@@H](SC(=O)C[C@@H](CCCCCCCCCCC)OC(=O)CCCCCCCCCCCCC)[C@H](NC(C)=O)[C@H](OC(C)C(=O)N[C@@H](C)C(=O)N[C@H](CCC(=O)OC)C(N)=O)[C@@H]1O. The molecule has 85 heavy (non-hydrogen) atoms. The summed E-state index contributed by atoms with van der Waals surface area (Å²) in [5.74, 6) is -4.51. The number of unbranched alkanes of at least 4 members (excludes halogenated alkanes) is 32. The number of esters is 3. The van der Waals surface area contributed by atoms with Crippen molar-refractivity contribution in [1.29, 1.82) is 0 Å². The largest absolute Gasteiger partial charge is 0.469 e. The van der Waals surface area contributed by atoms with Gasteiger partial charge >= 0.3 is 17.9 Å². The highest BCUT2D eigenvalue weighted by Gasteiger charge is 2.49. The van der Waals surface area contributed by atoms with Gasteiger partial charge in [0.25, 0.3) is 0 Å². The van der Waals surface area contributed by atoms with Crippen LogP contribution in [0.15, 0.2) is 0 Å². The van der Waals surface area contributed by atoms with E-state index in [0.29, 0.717) is 19.3 Å². The lowest BCUT2D eigenvalue weighted by Gasteiger charge is -2.44. The molecule has 0 bridgehead atoms. The molecular formula is C66H120N4O14S. The highest BCUT2D eigenvalue weighted by molar-refractivity contribution is 8.14. The Morgan fingerprint density at radius 1 is 0.553 bits per heavy atom. The summed E-state index contributed by atoms with van der Waals surface area (Å²) in [5.41, 5.74) is 4.24. The first-order chi connectivity index (χ1) is 41.0. The Bertz CT molecular complexity index is 1810. The van der Waals surface area contributed by atoms with E-state index < -0.39 is 101 Å². The number of methoxy groups -OCH3 is 1. The fourth-order valence-electron chi connectivity index (χ4n) is 10.7. The highest BCUT2D eigenvalue weighted by atomic mass is 32.2. The second-order valence-electron chi connectivity index (χ2n) is 23.9. The standard InChI is InChI=1S/C66H120N4O14S/c1-8-11-14-17-20-23-25-26-27-28-30-32-35-38-41-44-57(73)81-49-55-61(76)62(82-51(5)65(79)68-50(4)64(78)70-54(63(67)77)46-47-56(72)80-7)60(69-52(6)71)66(84-55)85-59(75)48-53(43-40-37-34-31-22-19-16-13-10-3)83-58(74)45-42-39-36-33-29-24-21-18-15-12-9-2/h50-51,53-55,60-62,66,76H,8-49H2,1-7H3,(H2,67,77)(H,68,79)(H,69,71)(H,70,78)/t50-,51?,53+,54+,55+,60+,61+,62-,66-/m0/s1. The fourth-order valence-corrected chi connectivity index (χ4v) is 11.8. The number of hydrogen-bond donors (Lipinski definition) is 5. The van der Waals surface area contributed by atoms with Crippen LogP contribution < -0.4 is 21.7 Å². The van der Waals surface area contributed by atoms with Gasteiger partial charge in [0.15, 0.2) is 5.12 Å². The Labute approximate surface area is 517 Å². The molecule has 0 radical (unpaired) electrons. The van der Waals surface area contributed by atoms with Crippen LogP contribution in [-0.2, 0) is 62.0 Å². The maximum Gasteiger partial charge on any atom is 0.306 e. The third-order valence-corrected chi connectivity index (χ3v) is 17.1. The molecule has 6 N–H and O–H groups in total. The van der Waals surface area contributed by atoms with Gasteiger partial charge in [-0.15, -0.1) is 0 Å². The zero-order chi connectivity index (χ0) is 62.9. The van der Waals surface area contributed by atoms with E-state index in [4.69, 9.17) is 24.7 Å². The van der Waals surface area contributed by atoms with Gasteiger partial charge in [-0.05, 0) is 46.0 Å². The number of aliphatic hydroxyl groups is 1. The molecule has 4 amide bonds. The van der Waals surface area contributed by atoms with Gasteiger partial charge in [-0.25, -0.2) is 0 Å². The van der Waals surface area contributed by atoms with E-state index in [1.807, 2.05) is 0 Å². The van der Waals surface area contributed by atoms with Crippen LogP contribution in [0.3, 0.4) is 0 Å². The van der Waals surface area contributed by atoms with Gasteiger partial charge in [0.2, 0.25) is 23.6 Å². The molecule has 1 rings (SSSR count). The summed E-state index contributed by atoms with van der Waals surface area (Å²) < 4.78 is 29.0. The summed E-state index contributed by atoms with van der Waals surface area (Å²) in [6, 6.07) is -3.71. The average Bonchev–Trinajstić information content (AvgIpc) is 2.36. The average molecular weight is 1230 g/mol. The number of rotatable bonds is 55. The Balaban J connectivity index is 3.22. The number of amides is 4. The number of carbonyl (C=O) groups is 8. The summed E-state index contributed by atoms with van der Waals surface area (Å²) in [6.45, 7) is 10.2. The van der Waals surface area contributed by atoms with Crippen LogP contribution in [0.1, 0.15) is 305 Å². The first kappa shape index (κ1) is 79.2. The molecular weight excluding hydrogens is 1100 g/mol. The predicted octanol–water partition coefficient (Wildman–Crippen LogP) is 12.8. The van der Waals surface area contributed by atoms with E-state index in [0.717, 1.165) is 76.0 Å². The summed E-state index contributed by atoms with van der Waals surface area (Å²) in [4.78, 5) is 105. The van der Waals surface area contributed by atoms with Crippen LogP contribution in [-0.4, -0.2) is 120 Å². The molecule has 1 saturated heterocycles. The lowest BCUT2D eigenvalue weighted by Crippen LogP contribution is -2.65. The normalized spacial score (nSPS) is 18.1. The van der Waals surface area contributed by atoms with Crippen LogP contribution in [0.2, 0.25) is 0 Å². The van der Waals surface area contributed by atoms with E-state index in [-0.39, 0.29) is 38.1 Å². The van der Waals surface area contributed by atoms with E-state index in [1.54, 1.807) is 0 Å². The molecule has 9 atom stereocenters. The van der Waals surface area contributed by atoms with Crippen molar-refractivity contribution in [3.05, 3.63) is 0 Å². The second-order valence-corrected chi connectivity index (χ2v) is 25.1. The monoisotopic (exact) mass is 1220 g/mol. The van der Waals surface area contributed by atoms with Gasteiger partial charge in [0, 0.05) is 26.2 Å². The molecule has 0 aromatic carbocycles. The Morgan fingerprint density at radius 2 is 0.988 bits per heavy atom. The lowest BCUT2D eigenvalue weighted by molar-refractivity contribution is -0.204. The number of carbonyl (C=O) groups excluding carboxylic acids is 8. The summed E-state index contributed by atoms with van der Waals surface area (Å²) in [5, 5.41) is 19.3. The van der Waals surface area contributed by atoms with Crippen molar-refractivity contribution in [2.75, 3.05) is 13.7 Å². The van der Waals surface area contributed by atoms with Crippen molar-refractivity contribution >= 4 is 58.4 Å². The molecule has 0 spiro atoms. The van der Waals surface area contributed by atoms with Gasteiger partial charge < -0.3 is 50.5 Å². The maximum absolute atomic E-state index is 14.3. The van der Waals surface area contributed by atoms with Gasteiger partial charge in [0.1, 0.15) is 54.6 Å². The van der Waals surface area contributed by atoms with Crippen molar-refractivity contribution in [3.63, 3.8) is 0 Å². The number of ether oxygens (including phenoxy) is 5. The molecule has 1 aliphatic rings. The minimum absolute atomic E-state index is 0.137. The van der Waals surface area contributed by atoms with Crippen molar-refractivity contribution < 1.29 is 67.1 Å². The van der Waals surface area contributed by atoms with Gasteiger partial charge in [-0.3, -0.25) is 38.4 Å². The number of nitrogens with one attached hydrogen (secondary N) is 3. The number of thioether (sulfide) groups is 1. The molecule has 1 fully saturated rings. The lowest BCUT2D eigenvalue weighted by atomic mass is 9.97. The molecule has 0 saturated carbocycles. The van der Waals surface area contributed by atoms with Crippen LogP contribution >= 0.6 is 11.8 Å². The number of aliphatic hydroxyl groups excluding tert-OH is 1. The molecule has 1 heterocycles. The third-order valence-electron chi connectivity index (χ3n) is 16.0. The maximum atomic E-state index is 14.3. The minimum atomic E-state index is -1.61. The van der Waals surface area contributed by atoms with E-state index in [9.17, 15) is 43.5 Å². The molecule has 0 aromatic heterocycles. The molecule has 1 aliphatic heterocycles. The number of hydrogen-bond acceptors (Lipinski definition) is 15. The van der Waals surface area contributed by atoms with E-state index in [2.05, 4.69) is 41.5 Å². The van der Waals surface area contributed by atoms with Gasteiger partial charge in [-0.2, -0.15) is 0 Å². The Hall–Kier alpha value is -3.81. The topological polar surface area (TPSA) is 265 Å². The zero-order valence-corrected chi connectivity index (χ0v) is 55.0. The molecule has 494 valence electrons. The third kappa shape index (κ3) is 41.1. The van der Waals surface area contributed by atoms with Crippen molar-refractivity contribution in [1.82, 2.24) is 16.0 Å². The molecule has 1 unspecified atom stereocenters. The molecule has 0 aliphatic carbocycles. The molecule has 0 aromatic rings. The molecule has 19 heteroatoms. The van der Waals surface area contributed by atoms with Crippen LogP contribution in [0.25, 0.3) is 0 Å². The van der Waals surface area contributed by atoms with Gasteiger partial charge in [-0.1, -0.05) is 238 Å². The summed E-state index contributed by atoms with van der Waals surface area (Å²) >= 11 is 0.741. The van der Waals surface area contributed by atoms with Gasteiger partial charge in [0.05, 0.1) is 19.6 Å². The van der Waals surface area contributed by atoms with Crippen molar-refractivity contribution in [3.8, 4) is 0 Å². The highest BCUT2D eigenvalue weighted by Crippen LogP contribution is 2.33. The molecule has 18 nitrogen and oxygen atoms in total. The first-order valence-electron chi connectivity index (χ1n) is 33.7. The summed E-state index contributed by atoms with van der Waals surface area (Å²) in [7, 11) is 1.19.